The normalized spacial score (nSPS) is 10.6. The van der Waals surface area contributed by atoms with Crippen LogP contribution in [0, 0.1) is 0 Å². The van der Waals surface area contributed by atoms with Crippen molar-refractivity contribution in [2.24, 2.45) is 0 Å². The molecule has 5 nitrogen and oxygen atoms in total. The van der Waals surface area contributed by atoms with E-state index >= 15 is 0 Å². The maximum absolute atomic E-state index is 12.0. The minimum absolute atomic E-state index is 0.0459. The van der Waals surface area contributed by atoms with Crippen LogP contribution >= 0.6 is 27.7 Å². The molecule has 0 aliphatic carbocycles. The van der Waals surface area contributed by atoms with Gasteiger partial charge >= 0.3 is 0 Å². The molecule has 0 aliphatic heterocycles. The highest BCUT2D eigenvalue weighted by molar-refractivity contribution is 9.10. The van der Waals surface area contributed by atoms with E-state index in [1.165, 1.54) is 24.6 Å². The van der Waals surface area contributed by atoms with Crippen LogP contribution in [-0.4, -0.2) is 26.4 Å². The average Bonchev–Trinajstić information content (AvgIpc) is 2.95. The zero-order chi connectivity index (χ0) is 15.8. The molecule has 1 N–H and O–H groups in total. The number of hydrogen-bond acceptors (Lipinski definition) is 4. The highest BCUT2D eigenvalue weighted by Crippen LogP contribution is 2.17. The van der Waals surface area contributed by atoms with Gasteiger partial charge in [-0.05, 0) is 30.7 Å². The third-order valence-corrected chi connectivity index (χ3v) is 4.55. The summed E-state index contributed by atoms with van der Waals surface area (Å²) in [5, 5.41) is 11.7. The van der Waals surface area contributed by atoms with Gasteiger partial charge in [0.15, 0.2) is 5.16 Å². The summed E-state index contributed by atoms with van der Waals surface area (Å²) < 4.78 is 2.99. The Morgan fingerprint density at radius 3 is 2.82 bits per heavy atom. The number of thioether (sulfide) groups is 1. The Kier molecular flexibility index (Phi) is 6.92. The fraction of sp³-hybridized carbons (Fsp3) is 0.400. The largest absolute Gasteiger partial charge is 0.325 e. The second-order valence-electron chi connectivity index (χ2n) is 4.86. The lowest BCUT2D eigenvalue weighted by Crippen LogP contribution is -2.14. The molecule has 0 atom stereocenters. The van der Waals surface area contributed by atoms with Gasteiger partial charge in [-0.1, -0.05) is 47.5 Å². The molecule has 0 spiro atoms. The smallest absolute Gasteiger partial charge is 0.234 e. The molecule has 0 saturated heterocycles. The molecule has 2 rings (SSSR count). The molecule has 0 fully saturated rings. The third kappa shape index (κ3) is 5.46. The molecule has 0 aliphatic rings. The Bertz CT molecular complexity index is 600. The number of unbranched alkanes of at least 4 members (excludes halogenated alkanes) is 2. The first kappa shape index (κ1) is 17.0. The summed E-state index contributed by atoms with van der Waals surface area (Å²) in [6.07, 6.45) is 5.20. The van der Waals surface area contributed by atoms with Crippen LogP contribution in [-0.2, 0) is 11.3 Å². The molecule has 118 valence electrons. The van der Waals surface area contributed by atoms with Crippen LogP contribution in [0.5, 0.6) is 0 Å². The number of carbonyl (C=O) groups excluding carboxylic acids is 1. The first-order valence-corrected chi connectivity index (χ1v) is 9.03. The zero-order valence-corrected chi connectivity index (χ0v) is 14.9. The molecule has 0 saturated carbocycles. The fourth-order valence-electron chi connectivity index (χ4n) is 1.90. The van der Waals surface area contributed by atoms with E-state index in [1.54, 1.807) is 6.33 Å². The SMILES string of the molecule is CCCCCn1cnnc1SCC(=O)Nc1ccc(Br)cc1. The van der Waals surface area contributed by atoms with Gasteiger partial charge in [0.1, 0.15) is 6.33 Å². The number of aryl methyl sites for hydroxylation is 1. The Morgan fingerprint density at radius 2 is 2.09 bits per heavy atom. The maximum atomic E-state index is 12.0. The van der Waals surface area contributed by atoms with Gasteiger partial charge in [0.25, 0.3) is 0 Å². The van der Waals surface area contributed by atoms with E-state index < -0.39 is 0 Å². The molecule has 22 heavy (non-hydrogen) atoms. The molecule has 7 heteroatoms. The highest BCUT2D eigenvalue weighted by atomic mass is 79.9. The molecule has 0 bridgehead atoms. The van der Waals surface area contributed by atoms with E-state index in [0.29, 0.717) is 5.75 Å². The van der Waals surface area contributed by atoms with Gasteiger partial charge in [-0.3, -0.25) is 4.79 Å². The van der Waals surface area contributed by atoms with Crippen LogP contribution in [0.15, 0.2) is 40.2 Å². The van der Waals surface area contributed by atoms with Gasteiger partial charge in [0.2, 0.25) is 5.91 Å². The topological polar surface area (TPSA) is 59.8 Å². The number of carbonyl (C=O) groups is 1. The Labute approximate surface area is 143 Å². The van der Waals surface area contributed by atoms with Crippen molar-refractivity contribution < 1.29 is 4.79 Å². The van der Waals surface area contributed by atoms with Crippen LogP contribution < -0.4 is 5.32 Å². The lowest BCUT2D eigenvalue weighted by Gasteiger charge is -2.07. The number of nitrogens with one attached hydrogen (secondary N) is 1. The quantitative estimate of drug-likeness (QED) is 0.554. The summed E-state index contributed by atoms with van der Waals surface area (Å²) in [7, 11) is 0. The molecule has 1 heterocycles. The van der Waals surface area contributed by atoms with E-state index in [-0.39, 0.29) is 5.91 Å². The summed E-state index contributed by atoms with van der Waals surface area (Å²) in [4.78, 5) is 12.0. The number of amides is 1. The summed E-state index contributed by atoms with van der Waals surface area (Å²) in [5.74, 6) is 0.276. The van der Waals surface area contributed by atoms with Gasteiger partial charge < -0.3 is 9.88 Å². The molecular weight excluding hydrogens is 364 g/mol. The van der Waals surface area contributed by atoms with E-state index in [4.69, 9.17) is 0 Å². The van der Waals surface area contributed by atoms with Crippen molar-refractivity contribution in [2.75, 3.05) is 11.1 Å². The van der Waals surface area contributed by atoms with Crippen molar-refractivity contribution in [3.05, 3.63) is 35.1 Å². The van der Waals surface area contributed by atoms with E-state index in [2.05, 4.69) is 38.4 Å². The first-order valence-electron chi connectivity index (χ1n) is 7.25. The van der Waals surface area contributed by atoms with Crippen molar-refractivity contribution in [3.63, 3.8) is 0 Å². The first-order chi connectivity index (χ1) is 10.7. The summed E-state index contributed by atoms with van der Waals surface area (Å²) in [6.45, 7) is 3.08. The van der Waals surface area contributed by atoms with Gasteiger partial charge in [0, 0.05) is 16.7 Å². The number of nitrogens with zero attached hydrogens (tertiary/aromatic N) is 3. The predicted octanol–water partition coefficient (Wildman–Crippen LogP) is 3.96. The van der Waals surface area contributed by atoms with Gasteiger partial charge in [-0.15, -0.1) is 10.2 Å². The number of halogens is 1. The highest BCUT2D eigenvalue weighted by Gasteiger charge is 2.09. The molecule has 2 aromatic rings. The Morgan fingerprint density at radius 1 is 1.32 bits per heavy atom. The standard InChI is InChI=1S/C15H19BrN4OS/c1-2-3-4-9-20-11-17-19-15(20)22-10-14(21)18-13-7-5-12(16)6-8-13/h5-8,11H,2-4,9-10H2,1H3,(H,18,21). The number of aromatic nitrogens is 3. The van der Waals surface area contributed by atoms with E-state index in [0.717, 1.165) is 28.3 Å². The maximum Gasteiger partial charge on any atom is 0.234 e. The number of anilines is 1. The number of rotatable bonds is 8. The van der Waals surface area contributed by atoms with Crippen molar-refractivity contribution in [3.8, 4) is 0 Å². The lowest BCUT2D eigenvalue weighted by molar-refractivity contribution is -0.113. The lowest BCUT2D eigenvalue weighted by atomic mass is 10.2. The minimum Gasteiger partial charge on any atom is -0.325 e. The Hall–Kier alpha value is -1.34. The van der Waals surface area contributed by atoms with Crippen LogP contribution in [0.2, 0.25) is 0 Å². The van der Waals surface area contributed by atoms with Gasteiger partial charge in [0.05, 0.1) is 5.75 Å². The number of hydrogen-bond donors (Lipinski definition) is 1. The van der Waals surface area contributed by atoms with Crippen molar-refractivity contribution in [1.82, 2.24) is 14.8 Å². The fourth-order valence-corrected chi connectivity index (χ4v) is 2.91. The second kappa shape index (κ2) is 8.95. The number of benzene rings is 1. The monoisotopic (exact) mass is 382 g/mol. The second-order valence-corrected chi connectivity index (χ2v) is 6.72. The predicted molar refractivity (Wildman–Crippen MR) is 93.0 cm³/mol. The van der Waals surface area contributed by atoms with E-state index in [1.807, 2.05) is 28.8 Å². The zero-order valence-electron chi connectivity index (χ0n) is 12.5. The van der Waals surface area contributed by atoms with Crippen molar-refractivity contribution in [1.29, 1.82) is 0 Å². The van der Waals surface area contributed by atoms with Crippen LogP contribution in [0.3, 0.4) is 0 Å². The van der Waals surface area contributed by atoms with Crippen LogP contribution in [0.4, 0.5) is 5.69 Å². The van der Waals surface area contributed by atoms with Crippen LogP contribution in [0.25, 0.3) is 0 Å². The molecule has 0 unspecified atom stereocenters. The van der Waals surface area contributed by atoms with Crippen LogP contribution in [0.1, 0.15) is 26.2 Å². The van der Waals surface area contributed by atoms with Gasteiger partial charge in [-0.25, -0.2) is 0 Å². The third-order valence-electron chi connectivity index (χ3n) is 3.04. The molecule has 1 aromatic heterocycles. The minimum atomic E-state index is -0.0459. The summed E-state index contributed by atoms with van der Waals surface area (Å²) in [5.41, 5.74) is 0.790. The summed E-state index contributed by atoms with van der Waals surface area (Å²) in [6, 6.07) is 7.51. The van der Waals surface area contributed by atoms with Gasteiger partial charge in [-0.2, -0.15) is 0 Å². The van der Waals surface area contributed by atoms with E-state index in [9.17, 15) is 4.79 Å². The Balaban J connectivity index is 1.81. The molecule has 1 amide bonds. The average molecular weight is 383 g/mol. The molecule has 1 aromatic carbocycles. The van der Waals surface area contributed by atoms with Crippen molar-refractivity contribution in [2.45, 2.75) is 37.9 Å². The summed E-state index contributed by atoms with van der Waals surface area (Å²) >= 11 is 4.78. The van der Waals surface area contributed by atoms with Crippen molar-refractivity contribution >= 4 is 39.3 Å². The molecular formula is C15H19BrN4OS. The molecule has 0 radical (unpaired) electrons.